The van der Waals surface area contributed by atoms with Crippen molar-refractivity contribution in [2.45, 2.75) is 46.6 Å². The van der Waals surface area contributed by atoms with Gasteiger partial charge in [0.25, 0.3) is 0 Å². The number of hydrogen-bond acceptors (Lipinski definition) is 3. The minimum absolute atomic E-state index is 0.149. The van der Waals surface area contributed by atoms with Crippen LogP contribution in [0.25, 0.3) is 0 Å². The maximum atomic E-state index is 11.4. The number of carbonyl (C=O) groups excluding carboxylic acids is 1. The summed E-state index contributed by atoms with van der Waals surface area (Å²) in [6.45, 7) is 9.50. The van der Waals surface area contributed by atoms with Crippen LogP contribution >= 0.6 is 0 Å². The zero-order chi connectivity index (χ0) is 12.8. The predicted molar refractivity (Wildman–Crippen MR) is 69.7 cm³/mol. The van der Waals surface area contributed by atoms with Crippen molar-refractivity contribution in [1.29, 1.82) is 0 Å². The Labute approximate surface area is 105 Å². The molecular formula is C14H25NO2. The number of nitrogens with one attached hydrogen (secondary N) is 1. The van der Waals surface area contributed by atoms with Crippen LogP contribution in [0.4, 0.5) is 0 Å². The van der Waals surface area contributed by atoms with Crippen LogP contribution in [0.5, 0.6) is 0 Å². The first-order chi connectivity index (χ1) is 8.02. The molecular weight excluding hydrogens is 214 g/mol. The lowest BCUT2D eigenvalue weighted by Crippen LogP contribution is -2.39. The molecule has 17 heavy (non-hydrogen) atoms. The molecule has 0 saturated carbocycles. The van der Waals surface area contributed by atoms with Gasteiger partial charge in [0.15, 0.2) is 0 Å². The van der Waals surface area contributed by atoms with E-state index >= 15 is 0 Å². The summed E-state index contributed by atoms with van der Waals surface area (Å²) in [5, 5.41) is 3.28. The van der Waals surface area contributed by atoms with Crippen molar-refractivity contribution in [3.63, 3.8) is 0 Å². The second kappa shape index (κ2) is 6.80. The molecule has 1 N–H and O–H groups in total. The van der Waals surface area contributed by atoms with E-state index in [4.69, 9.17) is 4.74 Å². The van der Waals surface area contributed by atoms with Gasteiger partial charge in [-0.1, -0.05) is 18.6 Å². The predicted octanol–water partition coefficient (Wildman–Crippen LogP) is 2.52. The standard InChI is InChI=1S/C14H25NO2/c1-5-17-14(16)12(4)15-9-13-7-10(2)6-11(3)8-13/h6,10,12-13,15H,5,7-9H2,1-4H3. The van der Waals surface area contributed by atoms with E-state index < -0.39 is 0 Å². The molecule has 0 aromatic carbocycles. The quantitative estimate of drug-likeness (QED) is 0.592. The highest BCUT2D eigenvalue weighted by Crippen LogP contribution is 2.27. The van der Waals surface area contributed by atoms with Crippen molar-refractivity contribution >= 4 is 5.97 Å². The summed E-state index contributed by atoms with van der Waals surface area (Å²) in [7, 11) is 0. The highest BCUT2D eigenvalue weighted by Gasteiger charge is 2.20. The molecule has 0 saturated heterocycles. The van der Waals surface area contributed by atoms with Crippen LogP contribution in [-0.2, 0) is 9.53 Å². The van der Waals surface area contributed by atoms with Crippen LogP contribution in [0.15, 0.2) is 11.6 Å². The van der Waals surface area contributed by atoms with E-state index in [1.807, 2.05) is 13.8 Å². The SMILES string of the molecule is CCOC(=O)C(C)NCC1CC(C)=CC(C)C1. The van der Waals surface area contributed by atoms with E-state index in [0.29, 0.717) is 18.4 Å². The highest BCUT2D eigenvalue weighted by atomic mass is 16.5. The van der Waals surface area contributed by atoms with E-state index in [1.165, 1.54) is 12.0 Å². The average Bonchev–Trinajstić information content (AvgIpc) is 2.25. The Morgan fingerprint density at radius 3 is 2.94 bits per heavy atom. The van der Waals surface area contributed by atoms with E-state index in [1.54, 1.807) is 0 Å². The van der Waals surface area contributed by atoms with E-state index in [9.17, 15) is 4.79 Å². The Morgan fingerprint density at radius 2 is 2.35 bits per heavy atom. The van der Waals surface area contributed by atoms with Gasteiger partial charge in [-0.15, -0.1) is 0 Å². The largest absolute Gasteiger partial charge is 0.465 e. The van der Waals surface area contributed by atoms with Gasteiger partial charge >= 0.3 is 5.97 Å². The van der Waals surface area contributed by atoms with Gasteiger partial charge in [-0.2, -0.15) is 0 Å². The topological polar surface area (TPSA) is 38.3 Å². The molecule has 0 amide bonds. The normalized spacial score (nSPS) is 26.2. The van der Waals surface area contributed by atoms with Crippen molar-refractivity contribution in [2.24, 2.45) is 11.8 Å². The van der Waals surface area contributed by atoms with Gasteiger partial charge in [0.2, 0.25) is 0 Å². The van der Waals surface area contributed by atoms with Crippen molar-refractivity contribution < 1.29 is 9.53 Å². The summed E-state index contributed by atoms with van der Waals surface area (Å²) in [6.07, 6.45) is 4.71. The lowest BCUT2D eigenvalue weighted by atomic mass is 9.83. The number of hydrogen-bond donors (Lipinski definition) is 1. The molecule has 0 aromatic rings. The summed E-state index contributed by atoms with van der Waals surface area (Å²) in [4.78, 5) is 11.4. The van der Waals surface area contributed by atoms with Gasteiger partial charge in [0, 0.05) is 0 Å². The number of ether oxygens (including phenoxy) is 1. The molecule has 1 aliphatic carbocycles. The van der Waals surface area contributed by atoms with E-state index in [2.05, 4.69) is 25.2 Å². The van der Waals surface area contributed by atoms with Crippen molar-refractivity contribution in [1.82, 2.24) is 5.32 Å². The van der Waals surface area contributed by atoms with Gasteiger partial charge in [-0.3, -0.25) is 4.79 Å². The summed E-state index contributed by atoms with van der Waals surface area (Å²) in [5.41, 5.74) is 1.47. The highest BCUT2D eigenvalue weighted by molar-refractivity contribution is 5.75. The van der Waals surface area contributed by atoms with Gasteiger partial charge in [0.1, 0.15) is 6.04 Å². The lowest BCUT2D eigenvalue weighted by Gasteiger charge is -2.26. The summed E-state index contributed by atoms with van der Waals surface area (Å²) in [5.74, 6) is 1.16. The molecule has 0 spiro atoms. The molecule has 0 aliphatic heterocycles. The second-order valence-electron chi connectivity index (χ2n) is 5.18. The number of carbonyl (C=O) groups is 1. The van der Waals surface area contributed by atoms with Crippen molar-refractivity contribution in [3.05, 3.63) is 11.6 Å². The monoisotopic (exact) mass is 239 g/mol. The van der Waals surface area contributed by atoms with Crippen molar-refractivity contribution in [2.75, 3.05) is 13.2 Å². The van der Waals surface area contributed by atoms with Crippen LogP contribution < -0.4 is 5.32 Å². The van der Waals surface area contributed by atoms with Crippen molar-refractivity contribution in [3.8, 4) is 0 Å². The first-order valence-corrected chi connectivity index (χ1v) is 6.60. The Morgan fingerprint density at radius 1 is 1.65 bits per heavy atom. The van der Waals surface area contributed by atoms with Crippen LogP contribution in [0.3, 0.4) is 0 Å². The first-order valence-electron chi connectivity index (χ1n) is 6.60. The molecule has 1 rings (SSSR count). The van der Waals surface area contributed by atoms with E-state index in [-0.39, 0.29) is 12.0 Å². The summed E-state index contributed by atoms with van der Waals surface area (Å²) < 4.78 is 4.97. The van der Waals surface area contributed by atoms with Crippen LogP contribution in [0.1, 0.15) is 40.5 Å². The Kier molecular flexibility index (Phi) is 5.69. The third-order valence-corrected chi connectivity index (χ3v) is 3.24. The number of rotatable bonds is 5. The maximum absolute atomic E-state index is 11.4. The molecule has 0 aromatic heterocycles. The first kappa shape index (κ1) is 14.2. The van der Waals surface area contributed by atoms with Crippen LogP contribution in [0, 0.1) is 11.8 Å². The van der Waals surface area contributed by atoms with Crippen LogP contribution in [0.2, 0.25) is 0 Å². The maximum Gasteiger partial charge on any atom is 0.322 e. The Hall–Kier alpha value is -0.830. The van der Waals surface area contributed by atoms with Gasteiger partial charge in [-0.05, 0) is 52.0 Å². The Balaban J connectivity index is 2.31. The lowest BCUT2D eigenvalue weighted by molar-refractivity contribution is -0.145. The zero-order valence-electron chi connectivity index (χ0n) is 11.5. The van der Waals surface area contributed by atoms with Gasteiger partial charge < -0.3 is 10.1 Å². The smallest absolute Gasteiger partial charge is 0.322 e. The molecule has 3 nitrogen and oxygen atoms in total. The molecule has 98 valence electrons. The van der Waals surface area contributed by atoms with Gasteiger partial charge in [0.05, 0.1) is 6.61 Å². The summed E-state index contributed by atoms with van der Waals surface area (Å²) >= 11 is 0. The van der Waals surface area contributed by atoms with E-state index in [0.717, 1.165) is 13.0 Å². The molecule has 3 heteroatoms. The molecule has 0 fully saturated rings. The second-order valence-corrected chi connectivity index (χ2v) is 5.18. The number of allylic oxidation sites excluding steroid dienone is 2. The minimum atomic E-state index is -0.198. The Bertz CT molecular complexity index is 286. The molecule has 0 heterocycles. The molecule has 1 aliphatic rings. The fraction of sp³-hybridized carbons (Fsp3) is 0.786. The molecule has 0 radical (unpaired) electrons. The molecule has 3 atom stereocenters. The third-order valence-electron chi connectivity index (χ3n) is 3.24. The third kappa shape index (κ3) is 4.90. The van der Waals surface area contributed by atoms with Gasteiger partial charge in [-0.25, -0.2) is 0 Å². The fourth-order valence-electron chi connectivity index (χ4n) is 2.54. The zero-order valence-corrected chi connectivity index (χ0v) is 11.5. The molecule has 0 bridgehead atoms. The fourth-order valence-corrected chi connectivity index (χ4v) is 2.54. The minimum Gasteiger partial charge on any atom is -0.465 e. The summed E-state index contributed by atoms with van der Waals surface area (Å²) in [6, 6.07) is -0.198. The van der Waals surface area contributed by atoms with Crippen LogP contribution in [-0.4, -0.2) is 25.2 Å². The average molecular weight is 239 g/mol. The number of esters is 1. The molecule has 3 unspecified atom stereocenters.